The highest BCUT2D eigenvalue weighted by Gasteiger charge is 2.30. The Bertz CT molecular complexity index is 721. The van der Waals surface area contributed by atoms with Crippen LogP contribution in [0.1, 0.15) is 54.2 Å². The molecular weight excluding hydrogens is 324 g/mol. The molecule has 2 fully saturated rings. The smallest absolute Gasteiger partial charge is 0.274 e. The number of hydrogen-bond donors (Lipinski definition) is 1. The van der Waals surface area contributed by atoms with Crippen molar-refractivity contribution in [2.45, 2.75) is 50.6 Å². The van der Waals surface area contributed by atoms with E-state index in [0.717, 1.165) is 51.7 Å². The van der Waals surface area contributed by atoms with Crippen LogP contribution < -0.4 is 5.32 Å². The van der Waals surface area contributed by atoms with Crippen LogP contribution in [0.25, 0.3) is 0 Å². The normalized spacial score (nSPS) is 23.3. The van der Waals surface area contributed by atoms with Crippen molar-refractivity contribution < 1.29 is 4.79 Å². The molecule has 2 atom stereocenters. The van der Waals surface area contributed by atoms with Gasteiger partial charge in [-0.3, -0.25) is 9.48 Å². The largest absolute Gasteiger partial charge is 0.334 e. The molecule has 1 N–H and O–H groups in total. The average Bonchev–Trinajstić information content (AvgIpc) is 3.37. The molecule has 2 saturated heterocycles. The molecule has 1 aromatic heterocycles. The number of carbonyl (C=O) groups is 1. The van der Waals surface area contributed by atoms with Crippen LogP contribution in [-0.2, 0) is 6.42 Å². The van der Waals surface area contributed by atoms with E-state index in [9.17, 15) is 4.79 Å². The Morgan fingerprint density at radius 1 is 1.15 bits per heavy atom. The van der Waals surface area contributed by atoms with Crippen LogP contribution in [0.5, 0.6) is 0 Å². The van der Waals surface area contributed by atoms with Gasteiger partial charge in [0.1, 0.15) is 5.69 Å². The van der Waals surface area contributed by atoms with Gasteiger partial charge in [0.25, 0.3) is 5.91 Å². The van der Waals surface area contributed by atoms with Gasteiger partial charge in [-0.05, 0) is 56.7 Å². The molecule has 138 valence electrons. The van der Waals surface area contributed by atoms with Crippen molar-refractivity contribution in [1.29, 1.82) is 0 Å². The summed E-state index contributed by atoms with van der Waals surface area (Å²) in [6, 6.07) is 13.2. The molecule has 2 aromatic rings. The number of amides is 1. The molecule has 0 saturated carbocycles. The molecule has 0 spiro atoms. The maximum absolute atomic E-state index is 13.0. The summed E-state index contributed by atoms with van der Waals surface area (Å²) in [5.74, 6) is 0.100. The summed E-state index contributed by atoms with van der Waals surface area (Å²) in [7, 11) is 0. The third-order valence-electron chi connectivity index (χ3n) is 5.72. The molecule has 5 nitrogen and oxygen atoms in total. The zero-order valence-electron chi connectivity index (χ0n) is 15.3. The quantitative estimate of drug-likeness (QED) is 0.900. The van der Waals surface area contributed by atoms with Crippen LogP contribution >= 0.6 is 0 Å². The highest BCUT2D eigenvalue weighted by atomic mass is 16.2. The van der Waals surface area contributed by atoms with Gasteiger partial charge in [-0.2, -0.15) is 5.10 Å². The molecular formula is C21H28N4O. The minimum absolute atomic E-state index is 0.100. The van der Waals surface area contributed by atoms with Crippen LogP contribution in [0, 0.1) is 0 Å². The van der Waals surface area contributed by atoms with Crippen molar-refractivity contribution >= 4 is 5.91 Å². The molecule has 2 unspecified atom stereocenters. The Morgan fingerprint density at radius 3 is 2.85 bits per heavy atom. The van der Waals surface area contributed by atoms with Gasteiger partial charge in [-0.1, -0.05) is 30.3 Å². The second kappa shape index (κ2) is 8.04. The molecule has 4 rings (SSSR count). The van der Waals surface area contributed by atoms with E-state index in [-0.39, 0.29) is 5.91 Å². The van der Waals surface area contributed by atoms with Crippen molar-refractivity contribution in [2.75, 3.05) is 19.6 Å². The molecule has 0 aliphatic carbocycles. The topological polar surface area (TPSA) is 50.2 Å². The van der Waals surface area contributed by atoms with Gasteiger partial charge < -0.3 is 10.2 Å². The second-order valence-electron chi connectivity index (χ2n) is 7.50. The standard InChI is InChI=1S/C21H28N4O/c26-21(20-12-15-25(23-20)19-8-4-13-22-16-19)24-14-5-9-18(24)11-10-17-6-2-1-3-7-17/h1-3,6-7,12,15,18-19,22H,4-5,8-11,13-14,16H2. The SMILES string of the molecule is O=C(c1ccn(C2CCCNC2)n1)N1CCCC1CCc1ccccc1. The lowest BCUT2D eigenvalue weighted by atomic mass is 10.0. The molecule has 0 radical (unpaired) electrons. The number of nitrogens with zero attached hydrogens (tertiary/aromatic N) is 3. The highest BCUT2D eigenvalue weighted by Crippen LogP contribution is 2.24. The van der Waals surface area contributed by atoms with Crippen LogP contribution in [0.2, 0.25) is 0 Å². The van der Waals surface area contributed by atoms with E-state index in [2.05, 4.69) is 39.6 Å². The summed E-state index contributed by atoms with van der Waals surface area (Å²) in [6.07, 6.45) is 8.53. The zero-order valence-corrected chi connectivity index (χ0v) is 15.3. The fourth-order valence-corrected chi connectivity index (χ4v) is 4.24. The minimum atomic E-state index is 0.100. The molecule has 26 heavy (non-hydrogen) atoms. The lowest BCUT2D eigenvalue weighted by molar-refractivity contribution is 0.0723. The molecule has 1 aromatic carbocycles. The van der Waals surface area contributed by atoms with Crippen molar-refractivity contribution in [3.8, 4) is 0 Å². The number of benzene rings is 1. The molecule has 3 heterocycles. The number of rotatable bonds is 5. The van der Waals surface area contributed by atoms with Gasteiger partial charge in [0.05, 0.1) is 6.04 Å². The molecule has 2 aliphatic rings. The van der Waals surface area contributed by atoms with E-state index < -0.39 is 0 Å². The summed E-state index contributed by atoms with van der Waals surface area (Å²) in [5.41, 5.74) is 1.95. The predicted octanol–water partition coefficient (Wildman–Crippen LogP) is 3.05. The van der Waals surface area contributed by atoms with Crippen molar-refractivity contribution in [3.05, 3.63) is 53.9 Å². The van der Waals surface area contributed by atoms with E-state index in [4.69, 9.17) is 0 Å². The van der Waals surface area contributed by atoms with E-state index in [1.807, 2.05) is 23.0 Å². The van der Waals surface area contributed by atoms with Crippen LogP contribution in [0.4, 0.5) is 0 Å². The van der Waals surface area contributed by atoms with Gasteiger partial charge in [0.2, 0.25) is 0 Å². The summed E-state index contributed by atoms with van der Waals surface area (Å²) < 4.78 is 1.98. The number of carbonyl (C=O) groups excluding carboxylic acids is 1. The molecule has 0 bridgehead atoms. The highest BCUT2D eigenvalue weighted by molar-refractivity contribution is 5.92. The van der Waals surface area contributed by atoms with Crippen LogP contribution in [-0.4, -0.2) is 46.3 Å². The van der Waals surface area contributed by atoms with E-state index >= 15 is 0 Å². The minimum Gasteiger partial charge on any atom is -0.334 e. The monoisotopic (exact) mass is 352 g/mol. The Labute approximate surface area is 155 Å². The molecule has 1 amide bonds. The van der Waals surface area contributed by atoms with Crippen molar-refractivity contribution in [3.63, 3.8) is 0 Å². The van der Waals surface area contributed by atoms with E-state index in [0.29, 0.717) is 17.8 Å². The Morgan fingerprint density at radius 2 is 2.04 bits per heavy atom. The predicted molar refractivity (Wildman–Crippen MR) is 102 cm³/mol. The summed E-state index contributed by atoms with van der Waals surface area (Å²) in [6.45, 7) is 2.88. The third kappa shape index (κ3) is 3.83. The van der Waals surface area contributed by atoms with E-state index in [1.54, 1.807) is 0 Å². The molecule has 5 heteroatoms. The van der Waals surface area contributed by atoms with Gasteiger partial charge >= 0.3 is 0 Å². The first-order valence-corrected chi connectivity index (χ1v) is 9.92. The fraction of sp³-hybridized carbons (Fsp3) is 0.524. The first kappa shape index (κ1) is 17.3. The van der Waals surface area contributed by atoms with Gasteiger partial charge in [-0.25, -0.2) is 0 Å². The Balaban J connectivity index is 1.39. The molecule has 2 aliphatic heterocycles. The van der Waals surface area contributed by atoms with E-state index in [1.165, 1.54) is 12.0 Å². The maximum atomic E-state index is 13.0. The van der Waals surface area contributed by atoms with Crippen LogP contribution in [0.15, 0.2) is 42.6 Å². The number of nitrogens with one attached hydrogen (secondary N) is 1. The van der Waals surface area contributed by atoms with Gasteiger partial charge in [0, 0.05) is 25.3 Å². The number of likely N-dealkylation sites (tertiary alicyclic amines) is 1. The average molecular weight is 352 g/mol. The zero-order chi connectivity index (χ0) is 17.8. The number of hydrogen-bond acceptors (Lipinski definition) is 3. The lowest BCUT2D eigenvalue weighted by Crippen LogP contribution is -2.36. The Kier molecular flexibility index (Phi) is 5.34. The van der Waals surface area contributed by atoms with Crippen molar-refractivity contribution in [1.82, 2.24) is 20.0 Å². The fourth-order valence-electron chi connectivity index (χ4n) is 4.24. The van der Waals surface area contributed by atoms with Crippen molar-refractivity contribution in [2.24, 2.45) is 0 Å². The first-order valence-electron chi connectivity index (χ1n) is 9.92. The lowest BCUT2D eigenvalue weighted by Gasteiger charge is -2.24. The summed E-state index contributed by atoms with van der Waals surface area (Å²) in [5, 5.41) is 8.03. The van der Waals surface area contributed by atoms with Crippen LogP contribution in [0.3, 0.4) is 0 Å². The number of piperidine rings is 1. The number of aromatic nitrogens is 2. The van der Waals surface area contributed by atoms with Gasteiger partial charge in [-0.15, -0.1) is 0 Å². The summed E-state index contributed by atoms with van der Waals surface area (Å²) >= 11 is 0. The second-order valence-corrected chi connectivity index (χ2v) is 7.50. The maximum Gasteiger partial charge on any atom is 0.274 e. The summed E-state index contributed by atoms with van der Waals surface area (Å²) in [4.78, 5) is 15.0. The third-order valence-corrected chi connectivity index (χ3v) is 5.72. The van der Waals surface area contributed by atoms with Gasteiger partial charge in [0.15, 0.2) is 0 Å². The number of aryl methyl sites for hydroxylation is 1. The Hall–Kier alpha value is -2.14. The first-order chi connectivity index (χ1) is 12.8.